The van der Waals surface area contributed by atoms with Crippen LogP contribution in [0.15, 0.2) is 0 Å². The molecule has 0 aromatic carbocycles. The smallest absolute Gasteiger partial charge is 0.313 e. The van der Waals surface area contributed by atoms with E-state index in [4.69, 9.17) is 4.74 Å². The number of Topliss-reactive ketones (excluding diaryl/α,β-unsaturated/α-hetero) is 1. The maximum atomic E-state index is 11.9. The van der Waals surface area contributed by atoms with Gasteiger partial charge in [0.1, 0.15) is 12.2 Å². The summed E-state index contributed by atoms with van der Waals surface area (Å²) < 4.78 is 4.82. The van der Waals surface area contributed by atoms with Crippen molar-refractivity contribution in [1.82, 2.24) is 4.90 Å². The number of nitrogens with zero attached hydrogens (tertiary/aromatic N) is 1. The van der Waals surface area contributed by atoms with Crippen LogP contribution in [0.5, 0.6) is 0 Å². The molecule has 1 aliphatic heterocycles. The number of hydrogen-bond donors (Lipinski definition) is 0. The number of esters is 1. The van der Waals surface area contributed by atoms with E-state index in [9.17, 15) is 9.59 Å². The third-order valence-corrected chi connectivity index (χ3v) is 3.67. The van der Waals surface area contributed by atoms with E-state index in [1.165, 1.54) is 0 Å². The van der Waals surface area contributed by atoms with Crippen molar-refractivity contribution in [3.05, 3.63) is 0 Å². The second kappa shape index (κ2) is 6.51. The molecular formula is C15H27NO3. The van der Waals surface area contributed by atoms with Crippen molar-refractivity contribution in [2.24, 2.45) is 0 Å². The fourth-order valence-corrected chi connectivity index (χ4v) is 3.19. The lowest BCUT2D eigenvalue weighted by molar-refractivity contribution is -0.145. The Morgan fingerprint density at radius 3 is 2.42 bits per heavy atom. The topological polar surface area (TPSA) is 46.6 Å². The molecule has 4 nitrogen and oxygen atoms in total. The number of ketones is 1. The van der Waals surface area contributed by atoms with E-state index in [0.717, 1.165) is 12.8 Å². The third kappa shape index (κ3) is 4.60. The van der Waals surface area contributed by atoms with Crippen LogP contribution in [-0.4, -0.2) is 40.9 Å². The highest BCUT2D eigenvalue weighted by atomic mass is 16.5. The van der Waals surface area contributed by atoms with Gasteiger partial charge < -0.3 is 4.74 Å². The van der Waals surface area contributed by atoms with Gasteiger partial charge in [-0.2, -0.15) is 0 Å². The second-order valence-corrected chi connectivity index (χ2v) is 6.38. The molecule has 1 fully saturated rings. The molecule has 1 saturated heterocycles. The molecule has 0 saturated carbocycles. The van der Waals surface area contributed by atoms with Gasteiger partial charge in [0, 0.05) is 24.0 Å². The predicted octanol–water partition coefficient (Wildman–Crippen LogP) is 2.55. The van der Waals surface area contributed by atoms with Crippen molar-refractivity contribution in [3.8, 4) is 0 Å². The van der Waals surface area contributed by atoms with E-state index < -0.39 is 5.97 Å². The van der Waals surface area contributed by atoms with Gasteiger partial charge >= 0.3 is 5.97 Å². The first kappa shape index (κ1) is 16.2. The molecule has 4 heteroatoms. The van der Waals surface area contributed by atoms with Gasteiger partial charge in [0.15, 0.2) is 0 Å². The minimum atomic E-state index is -0.402. The molecule has 1 heterocycles. The van der Waals surface area contributed by atoms with E-state index in [1.54, 1.807) is 6.92 Å². The fourth-order valence-electron chi connectivity index (χ4n) is 3.19. The third-order valence-electron chi connectivity index (χ3n) is 3.67. The summed E-state index contributed by atoms with van der Waals surface area (Å²) in [5.74, 6) is -0.410. The average Bonchev–Trinajstić information content (AvgIpc) is 2.58. The first-order valence-electron chi connectivity index (χ1n) is 7.21. The molecule has 110 valence electrons. The quantitative estimate of drug-likeness (QED) is 0.568. The first-order chi connectivity index (χ1) is 8.75. The highest BCUT2D eigenvalue weighted by molar-refractivity contribution is 5.95. The van der Waals surface area contributed by atoms with Crippen LogP contribution < -0.4 is 0 Å². The van der Waals surface area contributed by atoms with Crippen LogP contribution in [0.1, 0.15) is 60.3 Å². The van der Waals surface area contributed by atoms with Crippen LogP contribution in [0, 0.1) is 0 Å². The Labute approximate surface area is 116 Å². The van der Waals surface area contributed by atoms with E-state index >= 15 is 0 Å². The lowest BCUT2D eigenvalue weighted by Crippen LogP contribution is -2.48. The monoisotopic (exact) mass is 269 g/mol. The Hall–Kier alpha value is -0.900. The SMILES string of the molecule is CCOC(=O)CC(=O)CC1CC[C@H](C)N1C(C)(C)C. The molecule has 0 amide bonds. The van der Waals surface area contributed by atoms with Gasteiger partial charge in [-0.1, -0.05) is 0 Å². The summed E-state index contributed by atoms with van der Waals surface area (Å²) in [5.41, 5.74) is 0.0603. The summed E-state index contributed by atoms with van der Waals surface area (Å²) in [4.78, 5) is 25.7. The largest absolute Gasteiger partial charge is 0.466 e. The van der Waals surface area contributed by atoms with Crippen LogP contribution in [0.3, 0.4) is 0 Å². The second-order valence-electron chi connectivity index (χ2n) is 6.38. The summed E-state index contributed by atoms with van der Waals surface area (Å²) in [6.45, 7) is 10.8. The standard InChI is InChI=1S/C15H27NO3/c1-6-19-14(18)10-13(17)9-12-8-7-11(2)16(12)15(3,4)5/h11-12H,6-10H2,1-5H3/t11-,12?/m0/s1. The van der Waals surface area contributed by atoms with Crippen LogP contribution in [0.2, 0.25) is 0 Å². The van der Waals surface area contributed by atoms with Gasteiger partial charge in [-0.3, -0.25) is 14.5 Å². The van der Waals surface area contributed by atoms with Crippen LogP contribution in [0.25, 0.3) is 0 Å². The van der Waals surface area contributed by atoms with Gasteiger partial charge in [-0.15, -0.1) is 0 Å². The Balaban J connectivity index is 2.56. The minimum absolute atomic E-state index is 0.00759. The van der Waals surface area contributed by atoms with Gasteiger partial charge in [0.25, 0.3) is 0 Å². The predicted molar refractivity (Wildman–Crippen MR) is 75.0 cm³/mol. The molecule has 0 radical (unpaired) electrons. The van der Waals surface area contributed by atoms with Crippen molar-refractivity contribution in [2.75, 3.05) is 6.61 Å². The van der Waals surface area contributed by atoms with Gasteiger partial charge in [-0.05, 0) is 47.5 Å². The molecule has 0 spiro atoms. The highest BCUT2D eigenvalue weighted by Crippen LogP contribution is 2.33. The molecular weight excluding hydrogens is 242 g/mol. The molecule has 19 heavy (non-hydrogen) atoms. The molecule has 1 rings (SSSR count). The Kier molecular flexibility index (Phi) is 5.53. The first-order valence-corrected chi connectivity index (χ1v) is 7.21. The number of rotatable bonds is 5. The zero-order chi connectivity index (χ0) is 14.6. The van der Waals surface area contributed by atoms with E-state index in [1.807, 2.05) is 0 Å². The number of hydrogen-bond acceptors (Lipinski definition) is 4. The lowest BCUT2D eigenvalue weighted by atomic mass is 10.00. The summed E-state index contributed by atoms with van der Waals surface area (Å²) >= 11 is 0. The molecule has 0 aromatic rings. The molecule has 1 aliphatic rings. The van der Waals surface area contributed by atoms with Gasteiger partial charge in [0.2, 0.25) is 0 Å². The van der Waals surface area contributed by atoms with Crippen molar-refractivity contribution in [3.63, 3.8) is 0 Å². The molecule has 0 bridgehead atoms. The van der Waals surface area contributed by atoms with Crippen molar-refractivity contribution >= 4 is 11.8 Å². The van der Waals surface area contributed by atoms with Crippen LogP contribution in [-0.2, 0) is 14.3 Å². The number of likely N-dealkylation sites (tertiary alicyclic amines) is 1. The zero-order valence-electron chi connectivity index (χ0n) is 12.9. The number of carbonyl (C=O) groups is 2. The summed E-state index contributed by atoms with van der Waals surface area (Å²) in [6.07, 6.45) is 2.53. The number of carbonyl (C=O) groups excluding carboxylic acids is 2. The van der Waals surface area contributed by atoms with E-state index in [2.05, 4.69) is 32.6 Å². The van der Waals surface area contributed by atoms with Crippen LogP contribution in [0.4, 0.5) is 0 Å². The van der Waals surface area contributed by atoms with Gasteiger partial charge in [-0.25, -0.2) is 0 Å². The van der Waals surface area contributed by atoms with E-state index in [-0.39, 0.29) is 23.8 Å². The maximum Gasteiger partial charge on any atom is 0.313 e. The fraction of sp³-hybridized carbons (Fsp3) is 0.867. The molecule has 0 aromatic heterocycles. The number of ether oxygens (including phenoxy) is 1. The summed E-state index contributed by atoms with van der Waals surface area (Å²) in [5, 5.41) is 0. The zero-order valence-corrected chi connectivity index (χ0v) is 12.9. The Morgan fingerprint density at radius 2 is 1.89 bits per heavy atom. The molecule has 1 unspecified atom stereocenters. The highest BCUT2D eigenvalue weighted by Gasteiger charge is 2.38. The maximum absolute atomic E-state index is 11.9. The molecule has 0 N–H and O–H groups in total. The summed E-state index contributed by atoms with van der Waals surface area (Å²) in [6, 6.07) is 0.761. The van der Waals surface area contributed by atoms with Crippen molar-refractivity contribution in [1.29, 1.82) is 0 Å². The minimum Gasteiger partial charge on any atom is -0.466 e. The lowest BCUT2D eigenvalue weighted by Gasteiger charge is -2.40. The van der Waals surface area contributed by atoms with Gasteiger partial charge in [0.05, 0.1) is 6.61 Å². The van der Waals surface area contributed by atoms with Crippen LogP contribution >= 0.6 is 0 Å². The molecule has 2 atom stereocenters. The average molecular weight is 269 g/mol. The summed E-state index contributed by atoms with van der Waals surface area (Å²) in [7, 11) is 0. The normalized spacial score (nSPS) is 24.5. The van der Waals surface area contributed by atoms with Crippen molar-refractivity contribution in [2.45, 2.75) is 77.9 Å². The Bertz CT molecular complexity index is 333. The Morgan fingerprint density at radius 1 is 1.26 bits per heavy atom. The van der Waals surface area contributed by atoms with E-state index in [0.29, 0.717) is 19.1 Å². The van der Waals surface area contributed by atoms with Crippen molar-refractivity contribution < 1.29 is 14.3 Å². The molecule has 0 aliphatic carbocycles.